The molecule has 0 aromatic carbocycles. The number of carbonyl (C=O) groups is 2. The van der Waals surface area contributed by atoms with Gasteiger partial charge in [-0.2, -0.15) is 0 Å². The van der Waals surface area contributed by atoms with Crippen LogP contribution in [0.15, 0.2) is 0 Å². The molecule has 0 fully saturated rings. The lowest BCUT2D eigenvalue weighted by Crippen LogP contribution is -1.69. The zero-order chi connectivity index (χ0) is 5.58. The summed E-state index contributed by atoms with van der Waals surface area (Å²) in [6.45, 7) is 5.06. The van der Waals surface area contributed by atoms with Gasteiger partial charge in [-0.1, -0.05) is 0 Å². The average molecular weight is 105 g/mol. The molecule has 3 heteroatoms. The van der Waals surface area contributed by atoms with Crippen LogP contribution in [0.1, 0.15) is 13.8 Å². The zero-order valence-corrected chi connectivity index (χ0v) is 4.73. The fourth-order valence-corrected chi connectivity index (χ4v) is 0. The summed E-state index contributed by atoms with van der Waals surface area (Å²) in [5.74, 6) is 0.167. The molecule has 3 nitrogen and oxygen atoms in total. The zero-order valence-electron chi connectivity index (χ0n) is 4.73. The van der Waals surface area contributed by atoms with Crippen LogP contribution in [0.2, 0.25) is 0 Å². The predicted molar refractivity (Wildman–Crippen MR) is 28.5 cm³/mol. The summed E-state index contributed by atoms with van der Waals surface area (Å²) in [5.41, 5.74) is 0. The van der Waals surface area contributed by atoms with Crippen molar-refractivity contribution in [3.63, 3.8) is 0 Å². The number of hydrogen-bond acceptors (Lipinski definition) is 3. The second kappa shape index (κ2) is 18.5. The molecular formula is C4H11NO2. The van der Waals surface area contributed by atoms with Crippen molar-refractivity contribution in [1.29, 1.82) is 0 Å². The van der Waals surface area contributed by atoms with Gasteiger partial charge in [0.25, 0.3) is 0 Å². The molecule has 0 aliphatic carbocycles. The fourth-order valence-electron chi connectivity index (χ4n) is 0. The molecule has 0 atom stereocenters. The quantitative estimate of drug-likeness (QED) is 0.489. The predicted octanol–water partition coefficient (Wildman–Crippen LogP) is 0.572. The van der Waals surface area contributed by atoms with Crippen molar-refractivity contribution in [3.8, 4) is 0 Å². The van der Waals surface area contributed by atoms with Crippen molar-refractivity contribution in [2.24, 2.45) is 0 Å². The third kappa shape index (κ3) is 118. The van der Waals surface area contributed by atoms with Crippen LogP contribution in [-0.4, -0.2) is 12.6 Å². The van der Waals surface area contributed by atoms with Crippen LogP contribution in [0.5, 0.6) is 0 Å². The van der Waals surface area contributed by atoms with Gasteiger partial charge in [0.15, 0.2) is 0 Å². The maximum absolute atomic E-state index is 9.44. The van der Waals surface area contributed by atoms with E-state index in [0.717, 1.165) is 0 Å². The van der Waals surface area contributed by atoms with E-state index < -0.39 is 0 Å². The van der Waals surface area contributed by atoms with Gasteiger partial charge in [-0.15, -0.1) is 0 Å². The molecule has 3 N–H and O–H groups in total. The van der Waals surface area contributed by atoms with Gasteiger partial charge in [0.2, 0.25) is 0 Å². The Kier molecular flexibility index (Phi) is 43.0. The number of ketones is 1. The van der Waals surface area contributed by atoms with Crippen LogP contribution < -0.4 is 6.15 Å². The summed E-state index contributed by atoms with van der Waals surface area (Å²) < 4.78 is 0. The molecule has 0 aliphatic rings. The second-order valence-electron chi connectivity index (χ2n) is 0.908. The third-order valence-corrected chi connectivity index (χ3v) is 0. The van der Waals surface area contributed by atoms with Gasteiger partial charge < -0.3 is 15.7 Å². The van der Waals surface area contributed by atoms with E-state index in [-0.39, 0.29) is 11.9 Å². The first-order chi connectivity index (χ1) is 2.73. The summed E-state index contributed by atoms with van der Waals surface area (Å²) >= 11 is 0. The first-order valence-electron chi connectivity index (χ1n) is 1.49. The molecule has 7 heavy (non-hydrogen) atoms. The minimum atomic E-state index is 0. The van der Waals surface area contributed by atoms with E-state index in [9.17, 15) is 4.79 Å². The Balaban J connectivity index is -0.0000000480. The van der Waals surface area contributed by atoms with Crippen LogP contribution in [0.3, 0.4) is 0 Å². The van der Waals surface area contributed by atoms with Crippen molar-refractivity contribution in [2.45, 2.75) is 13.8 Å². The minimum Gasteiger partial charge on any atom is -0.344 e. The first kappa shape index (κ1) is 16.3. The summed E-state index contributed by atoms with van der Waals surface area (Å²) in [7, 11) is 0. The molecule has 0 amide bonds. The molecule has 0 saturated heterocycles. The van der Waals surface area contributed by atoms with Crippen molar-refractivity contribution in [1.82, 2.24) is 6.15 Å². The van der Waals surface area contributed by atoms with Crippen LogP contribution in [0.4, 0.5) is 0 Å². The maximum Gasteiger partial charge on any atom is 0.126 e. The van der Waals surface area contributed by atoms with Crippen LogP contribution in [0, 0.1) is 0 Å². The monoisotopic (exact) mass is 105 g/mol. The van der Waals surface area contributed by atoms with Gasteiger partial charge >= 0.3 is 0 Å². The van der Waals surface area contributed by atoms with Crippen molar-refractivity contribution >= 4 is 12.6 Å². The Hall–Kier alpha value is -0.700. The largest absolute Gasteiger partial charge is 0.344 e. The van der Waals surface area contributed by atoms with Crippen LogP contribution in [-0.2, 0) is 9.59 Å². The summed E-state index contributed by atoms with van der Waals surface area (Å²) in [4.78, 5) is 17.4. The Morgan fingerprint density at radius 2 is 1.29 bits per heavy atom. The van der Waals surface area contributed by atoms with E-state index in [4.69, 9.17) is 4.79 Å². The molecule has 0 heterocycles. The van der Waals surface area contributed by atoms with Gasteiger partial charge in [0.05, 0.1) is 0 Å². The van der Waals surface area contributed by atoms with Crippen molar-refractivity contribution in [3.05, 3.63) is 0 Å². The highest BCUT2D eigenvalue weighted by atomic mass is 16.1. The van der Waals surface area contributed by atoms with E-state index in [1.54, 1.807) is 0 Å². The highest BCUT2D eigenvalue weighted by molar-refractivity contribution is 5.72. The van der Waals surface area contributed by atoms with Crippen LogP contribution >= 0.6 is 0 Å². The van der Waals surface area contributed by atoms with Gasteiger partial charge in [0.1, 0.15) is 12.6 Å². The third-order valence-electron chi connectivity index (χ3n) is 0. The van der Waals surface area contributed by atoms with Gasteiger partial charge in [-0.25, -0.2) is 0 Å². The number of rotatable bonds is 0. The molecule has 0 unspecified atom stereocenters. The molecule has 0 aromatic heterocycles. The van der Waals surface area contributed by atoms with E-state index >= 15 is 0 Å². The average Bonchev–Trinajstić information content (AvgIpc) is 1.41. The Morgan fingerprint density at radius 1 is 1.29 bits per heavy atom. The van der Waals surface area contributed by atoms with E-state index in [2.05, 4.69) is 0 Å². The topological polar surface area (TPSA) is 69.1 Å². The molecular weight excluding hydrogens is 94.0 g/mol. The highest BCUT2D eigenvalue weighted by Gasteiger charge is 1.62. The van der Waals surface area contributed by atoms with E-state index in [0.29, 0.717) is 0 Å². The molecule has 0 spiro atoms. The first-order valence-corrected chi connectivity index (χ1v) is 1.49. The van der Waals surface area contributed by atoms with E-state index in [1.165, 1.54) is 13.8 Å². The Morgan fingerprint density at radius 3 is 1.29 bits per heavy atom. The number of carbonyl (C=O) groups excluding carboxylic acids is 2. The molecule has 44 valence electrons. The molecule has 0 radical (unpaired) electrons. The lowest BCUT2D eigenvalue weighted by molar-refractivity contribution is -0.115. The van der Waals surface area contributed by atoms with Gasteiger partial charge in [-0.05, 0) is 13.8 Å². The minimum absolute atomic E-state index is 0. The Bertz CT molecular complexity index is 41.0. The lowest BCUT2D eigenvalue weighted by atomic mass is 10.6. The highest BCUT2D eigenvalue weighted by Crippen LogP contribution is 1.50. The summed E-state index contributed by atoms with van der Waals surface area (Å²) in [6.07, 6.45) is 0. The normalized spacial score (nSPS) is 4.29. The standard InChI is InChI=1S/C3H6O.CH2O.H3N/c1-3(2)4;1-2;/h1-2H3;1H2;1H3. The maximum atomic E-state index is 9.44. The van der Waals surface area contributed by atoms with Crippen molar-refractivity contribution in [2.75, 3.05) is 0 Å². The SMILES string of the molecule is C=O.CC(C)=O.N. The lowest BCUT2D eigenvalue weighted by Gasteiger charge is -1.56. The molecule has 0 bridgehead atoms. The second-order valence-corrected chi connectivity index (χ2v) is 0.908. The van der Waals surface area contributed by atoms with Gasteiger partial charge in [0, 0.05) is 0 Å². The van der Waals surface area contributed by atoms with Crippen molar-refractivity contribution < 1.29 is 9.59 Å². The van der Waals surface area contributed by atoms with Crippen LogP contribution in [0.25, 0.3) is 0 Å². The molecule has 0 rings (SSSR count). The smallest absolute Gasteiger partial charge is 0.126 e. The molecule has 0 aromatic rings. The summed E-state index contributed by atoms with van der Waals surface area (Å²) in [5, 5.41) is 0. The number of hydrogen-bond donors (Lipinski definition) is 1. The van der Waals surface area contributed by atoms with E-state index in [1.807, 2.05) is 6.79 Å². The summed E-state index contributed by atoms with van der Waals surface area (Å²) in [6, 6.07) is 0. The number of Topliss-reactive ketones (excluding diaryl/α,β-unsaturated/α-hetero) is 1. The van der Waals surface area contributed by atoms with Gasteiger partial charge in [-0.3, -0.25) is 0 Å². The fraction of sp³-hybridized carbons (Fsp3) is 0.500. The Labute approximate surface area is 43.3 Å². The molecule has 0 saturated carbocycles. The molecule has 0 aliphatic heterocycles.